The minimum Gasteiger partial charge on any atom is -0.269 e. The maximum absolute atomic E-state index is 13.1. The van der Waals surface area contributed by atoms with E-state index in [0.717, 1.165) is 6.07 Å². The molecular formula is C13H7ClF6N4OS. The number of rotatable bonds is 2. The average Bonchev–Trinajstić information content (AvgIpc) is 2.97. The summed E-state index contributed by atoms with van der Waals surface area (Å²) in [5.74, 6) is 0. The van der Waals surface area contributed by atoms with Crippen LogP contribution in [0.5, 0.6) is 0 Å². The highest BCUT2D eigenvalue weighted by molar-refractivity contribution is 7.17. The summed E-state index contributed by atoms with van der Waals surface area (Å²) in [5.41, 5.74) is -3.54. The fraction of sp³-hybridized carbons (Fsp3) is 0.308. The van der Waals surface area contributed by atoms with Crippen LogP contribution in [0.3, 0.4) is 0 Å². The molecular weight excluding hydrogens is 410 g/mol. The molecule has 0 amide bonds. The summed E-state index contributed by atoms with van der Waals surface area (Å²) in [4.78, 5) is 15.5. The van der Waals surface area contributed by atoms with Crippen LogP contribution in [0, 0.1) is 6.92 Å². The number of fused-ring (bicyclic) bond motifs is 1. The minimum absolute atomic E-state index is 0.171. The van der Waals surface area contributed by atoms with Gasteiger partial charge in [0.05, 0.1) is 12.2 Å². The van der Waals surface area contributed by atoms with E-state index in [-0.39, 0.29) is 15.5 Å². The van der Waals surface area contributed by atoms with Crippen LogP contribution in [0.1, 0.15) is 22.0 Å². The number of aryl methyl sites for hydroxylation is 1. The highest BCUT2D eigenvalue weighted by atomic mass is 35.5. The number of thiazole rings is 1. The van der Waals surface area contributed by atoms with E-state index in [4.69, 9.17) is 11.6 Å². The van der Waals surface area contributed by atoms with Crippen LogP contribution in [0.15, 0.2) is 16.9 Å². The van der Waals surface area contributed by atoms with Crippen LogP contribution in [0.2, 0.25) is 5.15 Å². The van der Waals surface area contributed by atoms with E-state index >= 15 is 0 Å². The number of hydrogen-bond donors (Lipinski definition) is 0. The van der Waals surface area contributed by atoms with E-state index in [1.165, 1.54) is 6.92 Å². The summed E-state index contributed by atoms with van der Waals surface area (Å²) >= 11 is 6.11. The summed E-state index contributed by atoms with van der Waals surface area (Å²) < 4.78 is 79.0. The van der Waals surface area contributed by atoms with Crippen LogP contribution >= 0.6 is 22.9 Å². The standard InChI is InChI=1S/C13H7ClF6N4OS/c1-5-10(13(18,19)20)24-9(25)2-6(21-11(24)26-5)4-23-7(12(15,16)17)3-8(14)22-23/h2-3H,4H2,1H3. The fourth-order valence-electron chi connectivity index (χ4n) is 2.42. The third-order valence-electron chi connectivity index (χ3n) is 3.36. The minimum atomic E-state index is -4.77. The molecule has 0 saturated heterocycles. The molecule has 0 spiro atoms. The van der Waals surface area contributed by atoms with E-state index in [1.54, 1.807) is 0 Å². The van der Waals surface area contributed by atoms with E-state index in [2.05, 4.69) is 10.1 Å². The monoisotopic (exact) mass is 416 g/mol. The fourth-order valence-corrected chi connectivity index (χ4v) is 3.63. The Morgan fingerprint density at radius 1 is 1.15 bits per heavy atom. The number of hydrogen-bond acceptors (Lipinski definition) is 4. The van der Waals surface area contributed by atoms with Crippen LogP contribution in [-0.4, -0.2) is 19.2 Å². The van der Waals surface area contributed by atoms with Gasteiger partial charge in [-0.1, -0.05) is 11.6 Å². The highest BCUT2D eigenvalue weighted by Gasteiger charge is 2.38. The molecule has 0 N–H and O–H groups in total. The molecule has 0 fully saturated rings. The Bertz CT molecular complexity index is 1050. The molecule has 0 saturated carbocycles. The molecule has 3 heterocycles. The molecule has 0 aliphatic carbocycles. The average molecular weight is 417 g/mol. The van der Waals surface area contributed by atoms with Gasteiger partial charge < -0.3 is 0 Å². The predicted octanol–water partition coefficient (Wildman–Crippen LogP) is 4.00. The van der Waals surface area contributed by atoms with Crippen LogP contribution in [0.4, 0.5) is 26.3 Å². The Balaban J connectivity index is 2.11. The van der Waals surface area contributed by atoms with Crippen molar-refractivity contribution in [3.05, 3.63) is 49.6 Å². The van der Waals surface area contributed by atoms with Crippen LogP contribution < -0.4 is 5.56 Å². The highest BCUT2D eigenvalue weighted by Crippen LogP contribution is 2.35. The molecule has 0 atom stereocenters. The SMILES string of the molecule is Cc1sc2nc(Cn3nc(Cl)cc3C(F)(F)F)cc(=O)n2c1C(F)(F)F. The summed E-state index contributed by atoms with van der Waals surface area (Å²) in [6.07, 6.45) is -9.52. The zero-order valence-electron chi connectivity index (χ0n) is 12.6. The van der Waals surface area contributed by atoms with Crippen molar-refractivity contribution in [3.63, 3.8) is 0 Å². The zero-order valence-corrected chi connectivity index (χ0v) is 14.2. The first-order valence-corrected chi connectivity index (χ1v) is 7.97. The largest absolute Gasteiger partial charge is 0.433 e. The Labute approximate surface area is 149 Å². The number of halogens is 7. The van der Waals surface area contributed by atoms with Crippen LogP contribution in [-0.2, 0) is 18.9 Å². The van der Waals surface area contributed by atoms with Gasteiger partial charge in [0.1, 0.15) is 11.4 Å². The Morgan fingerprint density at radius 3 is 2.38 bits per heavy atom. The zero-order chi connectivity index (χ0) is 19.4. The molecule has 0 aliphatic heterocycles. The number of nitrogens with zero attached hydrogens (tertiary/aromatic N) is 4. The topological polar surface area (TPSA) is 52.2 Å². The second kappa shape index (κ2) is 5.98. The quantitative estimate of drug-likeness (QED) is 0.593. The van der Waals surface area contributed by atoms with Crippen LogP contribution in [0.25, 0.3) is 4.96 Å². The lowest BCUT2D eigenvalue weighted by Gasteiger charge is -2.10. The number of alkyl halides is 6. The molecule has 3 aromatic rings. The van der Waals surface area contributed by atoms with Gasteiger partial charge in [-0.05, 0) is 6.92 Å². The Morgan fingerprint density at radius 2 is 1.81 bits per heavy atom. The van der Waals surface area contributed by atoms with E-state index < -0.39 is 41.0 Å². The predicted molar refractivity (Wildman–Crippen MR) is 80.4 cm³/mol. The number of aromatic nitrogens is 4. The Hall–Kier alpha value is -2.08. The molecule has 0 aromatic carbocycles. The van der Waals surface area contributed by atoms with Gasteiger partial charge in [-0.15, -0.1) is 11.3 Å². The summed E-state index contributed by atoms with van der Waals surface area (Å²) in [6.45, 7) is 0.599. The van der Waals surface area contributed by atoms with Gasteiger partial charge >= 0.3 is 12.4 Å². The second-order valence-electron chi connectivity index (χ2n) is 5.22. The molecule has 0 aliphatic rings. The van der Waals surface area contributed by atoms with Gasteiger partial charge in [-0.25, -0.2) is 9.38 Å². The van der Waals surface area contributed by atoms with Crippen molar-refractivity contribution < 1.29 is 26.3 Å². The van der Waals surface area contributed by atoms with Gasteiger partial charge in [-0.3, -0.25) is 9.48 Å². The van der Waals surface area contributed by atoms with Crippen molar-refractivity contribution in [2.24, 2.45) is 0 Å². The first kappa shape index (κ1) is 18.7. The summed E-state index contributed by atoms with van der Waals surface area (Å²) in [7, 11) is 0. The summed E-state index contributed by atoms with van der Waals surface area (Å²) in [6, 6.07) is 1.34. The molecule has 26 heavy (non-hydrogen) atoms. The lowest BCUT2D eigenvalue weighted by Crippen LogP contribution is -2.23. The molecule has 0 radical (unpaired) electrons. The molecule has 3 aromatic heterocycles. The lowest BCUT2D eigenvalue weighted by molar-refractivity contribution is -0.144. The molecule has 0 bridgehead atoms. The molecule has 3 rings (SSSR count). The third kappa shape index (κ3) is 3.30. The van der Waals surface area contributed by atoms with Crippen molar-refractivity contribution in [1.29, 1.82) is 0 Å². The van der Waals surface area contributed by atoms with Crippen molar-refractivity contribution in [2.75, 3.05) is 0 Å². The van der Waals surface area contributed by atoms with Crippen molar-refractivity contribution >= 4 is 27.9 Å². The molecule has 0 unspecified atom stereocenters. The van der Waals surface area contributed by atoms with Crippen molar-refractivity contribution in [2.45, 2.75) is 25.8 Å². The van der Waals surface area contributed by atoms with Gasteiger partial charge in [0.2, 0.25) is 0 Å². The lowest BCUT2D eigenvalue weighted by atomic mass is 10.3. The third-order valence-corrected chi connectivity index (χ3v) is 4.50. The van der Waals surface area contributed by atoms with E-state index in [1.807, 2.05) is 0 Å². The van der Waals surface area contributed by atoms with Gasteiger partial charge in [-0.2, -0.15) is 31.4 Å². The Kier molecular flexibility index (Phi) is 4.30. The van der Waals surface area contributed by atoms with Crippen molar-refractivity contribution in [3.8, 4) is 0 Å². The molecule has 140 valence electrons. The normalized spacial score (nSPS) is 12.9. The first-order chi connectivity index (χ1) is 11.9. The van der Waals surface area contributed by atoms with Gasteiger partial charge in [0.15, 0.2) is 10.1 Å². The second-order valence-corrected chi connectivity index (χ2v) is 6.78. The van der Waals surface area contributed by atoms with E-state index in [9.17, 15) is 31.1 Å². The molecule has 5 nitrogen and oxygen atoms in total. The maximum atomic E-state index is 13.1. The first-order valence-electron chi connectivity index (χ1n) is 6.77. The van der Waals surface area contributed by atoms with Crippen molar-refractivity contribution in [1.82, 2.24) is 19.2 Å². The van der Waals surface area contributed by atoms with E-state index in [0.29, 0.717) is 26.5 Å². The smallest absolute Gasteiger partial charge is 0.269 e. The maximum Gasteiger partial charge on any atom is 0.433 e. The summed E-state index contributed by atoms with van der Waals surface area (Å²) in [5, 5.41) is 3.07. The van der Waals surface area contributed by atoms with Gasteiger partial charge in [0.25, 0.3) is 5.56 Å². The molecule has 13 heteroatoms. The van der Waals surface area contributed by atoms with Gasteiger partial charge in [0, 0.05) is 17.0 Å².